The third kappa shape index (κ3) is 3.51. The lowest BCUT2D eigenvalue weighted by Gasteiger charge is -2.16. The van der Waals surface area contributed by atoms with Crippen LogP contribution < -0.4 is 5.48 Å². The molecule has 0 aliphatic heterocycles. The molecule has 1 amide bonds. The van der Waals surface area contributed by atoms with E-state index in [0.29, 0.717) is 6.61 Å². The second-order valence-corrected chi connectivity index (χ2v) is 6.80. The van der Waals surface area contributed by atoms with E-state index in [-0.39, 0.29) is 12.0 Å². The summed E-state index contributed by atoms with van der Waals surface area (Å²) in [5.74, 6) is 0.0610. The zero-order valence-corrected chi connectivity index (χ0v) is 14.7. The fourth-order valence-corrected chi connectivity index (χ4v) is 3.80. The largest absolute Gasteiger partial charge is 0.447 e. The van der Waals surface area contributed by atoms with Gasteiger partial charge in [-0.2, -0.15) is 5.48 Å². The van der Waals surface area contributed by atoms with E-state index < -0.39 is 6.09 Å². The summed E-state index contributed by atoms with van der Waals surface area (Å²) < 4.78 is 5.46. The third-order valence-corrected chi connectivity index (χ3v) is 5.10. The molecule has 2 aromatic carbocycles. The number of benzene rings is 2. The van der Waals surface area contributed by atoms with Gasteiger partial charge < -0.3 is 4.74 Å². The minimum absolute atomic E-state index is 0.0610. The van der Waals surface area contributed by atoms with Crippen molar-refractivity contribution in [2.24, 2.45) is 0 Å². The Bertz CT molecular complexity index is 769. The summed E-state index contributed by atoms with van der Waals surface area (Å²) in [6.07, 6.45) is 7.77. The van der Waals surface area contributed by atoms with Crippen molar-refractivity contribution < 1.29 is 14.4 Å². The average molecular weight is 349 g/mol. The Morgan fingerprint density at radius 1 is 1.00 bits per heavy atom. The molecule has 0 saturated carbocycles. The Morgan fingerprint density at radius 3 is 2.42 bits per heavy atom. The molecule has 0 spiro atoms. The van der Waals surface area contributed by atoms with Crippen LogP contribution in [0.5, 0.6) is 0 Å². The van der Waals surface area contributed by atoms with E-state index in [2.05, 4.69) is 35.8 Å². The number of carbonyl (C=O) groups is 1. The standard InChI is InChI=1S/C22H23NO3/c24-22(23-26-16-9-3-1-2-4-10-16)25-15-21-19-13-7-5-11-17(19)18-12-6-8-14-20(18)21/h3,5-9,11-14,16,21H,1-2,4,10,15H2,(H,23,24)/t16-/m0/s1. The predicted octanol–water partition coefficient (Wildman–Crippen LogP) is 4.96. The number of rotatable bonds is 4. The van der Waals surface area contributed by atoms with E-state index in [1.54, 1.807) is 0 Å². The molecule has 0 heterocycles. The van der Waals surface area contributed by atoms with Gasteiger partial charge >= 0.3 is 6.09 Å². The summed E-state index contributed by atoms with van der Waals surface area (Å²) >= 11 is 0. The number of hydrogen-bond donors (Lipinski definition) is 1. The van der Waals surface area contributed by atoms with Gasteiger partial charge in [-0.05, 0) is 41.5 Å². The van der Waals surface area contributed by atoms with Gasteiger partial charge in [0.1, 0.15) is 12.7 Å². The van der Waals surface area contributed by atoms with Gasteiger partial charge in [0.2, 0.25) is 0 Å². The molecule has 0 saturated heterocycles. The van der Waals surface area contributed by atoms with Crippen molar-refractivity contribution in [3.8, 4) is 11.1 Å². The minimum atomic E-state index is -0.537. The molecule has 1 N–H and O–H groups in total. The number of nitrogens with one attached hydrogen (secondary N) is 1. The molecule has 0 fully saturated rings. The molecule has 134 valence electrons. The topological polar surface area (TPSA) is 47.6 Å². The van der Waals surface area contributed by atoms with Gasteiger partial charge in [0.05, 0.1) is 0 Å². The fourth-order valence-electron chi connectivity index (χ4n) is 3.80. The molecule has 0 bridgehead atoms. The molecule has 2 aliphatic carbocycles. The van der Waals surface area contributed by atoms with Gasteiger partial charge in [0, 0.05) is 5.92 Å². The number of allylic oxidation sites excluding steroid dienone is 1. The molecule has 0 radical (unpaired) electrons. The minimum Gasteiger partial charge on any atom is -0.447 e. The fraction of sp³-hybridized carbons (Fsp3) is 0.318. The lowest BCUT2D eigenvalue weighted by Crippen LogP contribution is -2.30. The predicted molar refractivity (Wildman–Crippen MR) is 101 cm³/mol. The third-order valence-electron chi connectivity index (χ3n) is 5.10. The Labute approximate surface area is 153 Å². The van der Waals surface area contributed by atoms with Gasteiger partial charge in [-0.15, -0.1) is 0 Å². The molecule has 4 rings (SSSR count). The highest BCUT2D eigenvalue weighted by molar-refractivity contribution is 5.79. The van der Waals surface area contributed by atoms with Crippen LogP contribution in [-0.2, 0) is 9.57 Å². The molecule has 26 heavy (non-hydrogen) atoms. The highest BCUT2D eigenvalue weighted by Gasteiger charge is 2.29. The molecule has 1 atom stereocenters. The van der Waals surface area contributed by atoms with Gasteiger partial charge in [0.25, 0.3) is 0 Å². The summed E-state index contributed by atoms with van der Waals surface area (Å²) in [5.41, 5.74) is 7.28. The van der Waals surface area contributed by atoms with Crippen LogP contribution in [0.3, 0.4) is 0 Å². The first kappa shape index (κ1) is 16.9. The Balaban J connectivity index is 1.38. The maximum atomic E-state index is 12.1. The normalized spacial score (nSPS) is 18.7. The van der Waals surface area contributed by atoms with E-state index in [9.17, 15) is 4.79 Å². The summed E-state index contributed by atoms with van der Waals surface area (Å²) in [5, 5.41) is 0. The number of hydrogen-bond acceptors (Lipinski definition) is 3. The molecular formula is C22H23NO3. The first-order valence-corrected chi connectivity index (χ1v) is 9.26. The number of amides is 1. The average Bonchev–Trinajstić information content (AvgIpc) is 2.82. The zero-order valence-electron chi connectivity index (χ0n) is 14.7. The van der Waals surface area contributed by atoms with Crippen molar-refractivity contribution in [1.82, 2.24) is 5.48 Å². The molecule has 0 aromatic heterocycles. The summed E-state index contributed by atoms with van der Waals surface area (Å²) in [6, 6.07) is 16.6. The zero-order chi connectivity index (χ0) is 17.8. The van der Waals surface area contributed by atoms with Crippen molar-refractivity contribution in [3.63, 3.8) is 0 Å². The van der Waals surface area contributed by atoms with Crippen molar-refractivity contribution in [1.29, 1.82) is 0 Å². The summed E-state index contributed by atoms with van der Waals surface area (Å²) in [6.45, 7) is 0.295. The quantitative estimate of drug-likeness (QED) is 0.627. The number of ether oxygens (including phenoxy) is 1. The van der Waals surface area contributed by atoms with Gasteiger partial charge in [-0.3, -0.25) is 4.84 Å². The molecule has 4 heteroatoms. The maximum absolute atomic E-state index is 12.1. The lowest BCUT2D eigenvalue weighted by molar-refractivity contribution is -0.00625. The van der Waals surface area contributed by atoms with Gasteiger partial charge in [0.15, 0.2) is 0 Å². The van der Waals surface area contributed by atoms with E-state index in [1.807, 2.05) is 30.3 Å². The van der Waals surface area contributed by atoms with Gasteiger partial charge in [-0.1, -0.05) is 67.1 Å². The maximum Gasteiger partial charge on any atom is 0.431 e. The van der Waals surface area contributed by atoms with Crippen molar-refractivity contribution >= 4 is 6.09 Å². The van der Waals surface area contributed by atoms with Crippen LogP contribution in [0.4, 0.5) is 4.79 Å². The first-order chi connectivity index (χ1) is 12.8. The van der Waals surface area contributed by atoms with E-state index in [1.165, 1.54) is 28.7 Å². The summed E-state index contributed by atoms with van der Waals surface area (Å²) in [4.78, 5) is 17.5. The number of fused-ring (bicyclic) bond motifs is 3. The lowest BCUT2D eigenvalue weighted by atomic mass is 9.98. The van der Waals surface area contributed by atoms with Crippen LogP contribution in [0, 0.1) is 0 Å². The SMILES string of the molecule is O=C(NO[C@H]1C=CCCCC1)OCC1c2ccccc2-c2ccccc21. The Kier molecular flexibility index (Phi) is 5.02. The van der Waals surface area contributed by atoms with Crippen LogP contribution >= 0.6 is 0 Å². The number of hydroxylamine groups is 1. The highest BCUT2D eigenvalue weighted by Crippen LogP contribution is 2.44. The van der Waals surface area contributed by atoms with E-state index in [0.717, 1.165) is 19.3 Å². The summed E-state index contributed by atoms with van der Waals surface area (Å²) in [7, 11) is 0. The second kappa shape index (κ2) is 7.75. The van der Waals surface area contributed by atoms with Crippen LogP contribution in [0.1, 0.15) is 42.7 Å². The van der Waals surface area contributed by atoms with Gasteiger partial charge in [-0.25, -0.2) is 4.79 Å². The van der Waals surface area contributed by atoms with E-state index >= 15 is 0 Å². The van der Waals surface area contributed by atoms with Crippen molar-refractivity contribution in [3.05, 3.63) is 71.8 Å². The number of carbonyl (C=O) groups excluding carboxylic acids is 1. The second-order valence-electron chi connectivity index (χ2n) is 6.80. The molecule has 2 aliphatic rings. The van der Waals surface area contributed by atoms with Crippen LogP contribution in [0.2, 0.25) is 0 Å². The highest BCUT2D eigenvalue weighted by atomic mass is 16.7. The Hall–Kier alpha value is -2.59. The van der Waals surface area contributed by atoms with Crippen LogP contribution in [0.15, 0.2) is 60.7 Å². The Morgan fingerprint density at radius 2 is 1.69 bits per heavy atom. The monoisotopic (exact) mass is 349 g/mol. The first-order valence-electron chi connectivity index (χ1n) is 9.26. The van der Waals surface area contributed by atoms with Crippen LogP contribution in [0.25, 0.3) is 11.1 Å². The van der Waals surface area contributed by atoms with Crippen LogP contribution in [-0.4, -0.2) is 18.8 Å². The molecule has 2 aromatic rings. The van der Waals surface area contributed by atoms with Crippen molar-refractivity contribution in [2.75, 3.05) is 6.61 Å². The molecule has 0 unspecified atom stereocenters. The smallest absolute Gasteiger partial charge is 0.431 e. The molecular weight excluding hydrogens is 326 g/mol. The van der Waals surface area contributed by atoms with Crippen molar-refractivity contribution in [2.45, 2.75) is 37.7 Å². The molecule has 4 nitrogen and oxygen atoms in total. The van der Waals surface area contributed by atoms with E-state index in [4.69, 9.17) is 9.57 Å².